The fourth-order valence-corrected chi connectivity index (χ4v) is 2.83. The fraction of sp³-hybridized carbons (Fsp3) is 0.571. The van der Waals surface area contributed by atoms with E-state index in [1.807, 2.05) is 20.0 Å². The number of aryl methyl sites for hydroxylation is 1. The predicted octanol–water partition coefficient (Wildman–Crippen LogP) is 3.06. The molecular formula is C14H20FN. The first kappa shape index (κ1) is 11.6. The van der Waals surface area contributed by atoms with Crippen LogP contribution in [-0.4, -0.2) is 13.1 Å². The lowest BCUT2D eigenvalue weighted by molar-refractivity contribution is 0.423. The molecule has 2 unspecified atom stereocenters. The van der Waals surface area contributed by atoms with E-state index in [1.165, 1.54) is 24.8 Å². The Bertz CT molecular complexity index is 362. The number of nitrogens with one attached hydrogen (secondary N) is 1. The SMILES string of the molecule is CNC1CCCC1Cc1ccc(F)cc1C. The zero-order chi connectivity index (χ0) is 11.5. The molecule has 0 aliphatic heterocycles. The lowest BCUT2D eigenvalue weighted by Gasteiger charge is -2.19. The molecule has 0 radical (unpaired) electrons. The molecule has 2 heteroatoms. The van der Waals surface area contributed by atoms with Crippen molar-refractivity contribution in [2.24, 2.45) is 5.92 Å². The van der Waals surface area contributed by atoms with Crippen molar-refractivity contribution < 1.29 is 4.39 Å². The molecule has 1 aliphatic rings. The lowest BCUT2D eigenvalue weighted by Crippen LogP contribution is -2.30. The summed E-state index contributed by atoms with van der Waals surface area (Å²) in [7, 11) is 2.04. The van der Waals surface area contributed by atoms with Gasteiger partial charge in [-0.05, 0) is 62.4 Å². The van der Waals surface area contributed by atoms with Gasteiger partial charge in [-0.15, -0.1) is 0 Å². The van der Waals surface area contributed by atoms with Crippen molar-refractivity contribution in [1.29, 1.82) is 0 Å². The van der Waals surface area contributed by atoms with Crippen LogP contribution in [0, 0.1) is 18.7 Å². The van der Waals surface area contributed by atoms with Crippen molar-refractivity contribution in [3.8, 4) is 0 Å². The Labute approximate surface area is 97.1 Å². The number of hydrogen-bond acceptors (Lipinski definition) is 1. The van der Waals surface area contributed by atoms with E-state index < -0.39 is 0 Å². The molecule has 88 valence electrons. The maximum absolute atomic E-state index is 13.0. The van der Waals surface area contributed by atoms with Crippen LogP contribution in [-0.2, 0) is 6.42 Å². The van der Waals surface area contributed by atoms with E-state index in [4.69, 9.17) is 0 Å². The topological polar surface area (TPSA) is 12.0 Å². The van der Waals surface area contributed by atoms with Crippen LogP contribution >= 0.6 is 0 Å². The molecule has 1 N–H and O–H groups in total. The molecule has 1 nitrogen and oxygen atoms in total. The lowest BCUT2D eigenvalue weighted by atomic mass is 9.92. The molecule has 1 fully saturated rings. The van der Waals surface area contributed by atoms with Gasteiger partial charge in [-0.25, -0.2) is 4.39 Å². The molecule has 1 aliphatic carbocycles. The normalized spacial score (nSPS) is 24.9. The van der Waals surface area contributed by atoms with Crippen LogP contribution < -0.4 is 5.32 Å². The van der Waals surface area contributed by atoms with Gasteiger partial charge in [0.05, 0.1) is 0 Å². The standard InChI is InChI=1S/C14H20FN/c1-10-8-13(15)7-6-11(10)9-12-4-3-5-14(12)16-2/h6-8,12,14,16H,3-5,9H2,1-2H3. The molecule has 2 atom stereocenters. The van der Waals surface area contributed by atoms with Crippen LogP contribution in [0.1, 0.15) is 30.4 Å². The van der Waals surface area contributed by atoms with Gasteiger partial charge in [0.1, 0.15) is 5.82 Å². The molecule has 0 heterocycles. The summed E-state index contributed by atoms with van der Waals surface area (Å²) >= 11 is 0. The minimum atomic E-state index is -0.127. The van der Waals surface area contributed by atoms with E-state index >= 15 is 0 Å². The molecule has 1 aromatic carbocycles. The summed E-state index contributed by atoms with van der Waals surface area (Å²) in [6, 6.07) is 5.80. The Balaban J connectivity index is 2.08. The minimum absolute atomic E-state index is 0.127. The second-order valence-electron chi connectivity index (χ2n) is 4.86. The third-order valence-electron chi connectivity index (χ3n) is 3.82. The third kappa shape index (κ3) is 2.43. The molecular weight excluding hydrogens is 201 g/mol. The fourth-order valence-electron chi connectivity index (χ4n) is 2.83. The molecule has 0 aromatic heterocycles. The van der Waals surface area contributed by atoms with Crippen molar-refractivity contribution in [1.82, 2.24) is 5.32 Å². The molecule has 2 rings (SSSR count). The van der Waals surface area contributed by atoms with Crippen LogP contribution in [0.4, 0.5) is 4.39 Å². The maximum Gasteiger partial charge on any atom is 0.123 e. The van der Waals surface area contributed by atoms with Gasteiger partial charge in [-0.3, -0.25) is 0 Å². The van der Waals surface area contributed by atoms with Crippen LogP contribution in [0.2, 0.25) is 0 Å². The number of hydrogen-bond donors (Lipinski definition) is 1. The van der Waals surface area contributed by atoms with E-state index in [-0.39, 0.29) is 5.82 Å². The van der Waals surface area contributed by atoms with E-state index in [9.17, 15) is 4.39 Å². The molecule has 0 saturated heterocycles. The maximum atomic E-state index is 13.0. The van der Waals surface area contributed by atoms with E-state index in [0.29, 0.717) is 12.0 Å². The van der Waals surface area contributed by atoms with Gasteiger partial charge in [0, 0.05) is 6.04 Å². The first-order valence-corrected chi connectivity index (χ1v) is 6.13. The second kappa shape index (κ2) is 4.96. The van der Waals surface area contributed by atoms with Gasteiger partial charge < -0.3 is 5.32 Å². The summed E-state index contributed by atoms with van der Waals surface area (Å²) in [5, 5.41) is 3.39. The highest BCUT2D eigenvalue weighted by Gasteiger charge is 2.26. The number of benzene rings is 1. The number of rotatable bonds is 3. The van der Waals surface area contributed by atoms with Gasteiger partial charge in [0.2, 0.25) is 0 Å². The minimum Gasteiger partial charge on any atom is -0.317 e. The van der Waals surface area contributed by atoms with Crippen molar-refractivity contribution in [3.63, 3.8) is 0 Å². The average Bonchev–Trinajstić information content (AvgIpc) is 2.69. The Hall–Kier alpha value is -0.890. The number of halogens is 1. The summed E-state index contributed by atoms with van der Waals surface area (Å²) in [5.41, 5.74) is 2.38. The molecule has 1 saturated carbocycles. The van der Waals surface area contributed by atoms with E-state index in [0.717, 1.165) is 12.0 Å². The summed E-state index contributed by atoms with van der Waals surface area (Å²) in [5.74, 6) is 0.590. The smallest absolute Gasteiger partial charge is 0.123 e. The highest BCUT2D eigenvalue weighted by atomic mass is 19.1. The average molecular weight is 221 g/mol. The van der Waals surface area contributed by atoms with Gasteiger partial charge in [-0.2, -0.15) is 0 Å². The second-order valence-corrected chi connectivity index (χ2v) is 4.86. The molecule has 16 heavy (non-hydrogen) atoms. The Morgan fingerprint density at radius 1 is 1.38 bits per heavy atom. The summed E-state index contributed by atoms with van der Waals surface area (Å²) in [4.78, 5) is 0. The van der Waals surface area contributed by atoms with Crippen molar-refractivity contribution in [3.05, 3.63) is 35.1 Å². The Kier molecular flexibility index (Phi) is 3.59. The van der Waals surface area contributed by atoms with Gasteiger partial charge in [0.15, 0.2) is 0 Å². The molecule has 1 aromatic rings. The largest absolute Gasteiger partial charge is 0.317 e. The van der Waals surface area contributed by atoms with Crippen molar-refractivity contribution in [2.45, 2.75) is 38.6 Å². The van der Waals surface area contributed by atoms with Crippen LogP contribution in [0.25, 0.3) is 0 Å². The van der Waals surface area contributed by atoms with E-state index in [1.54, 1.807) is 12.1 Å². The van der Waals surface area contributed by atoms with Gasteiger partial charge in [-0.1, -0.05) is 12.5 Å². The summed E-state index contributed by atoms with van der Waals surface area (Å²) in [6.45, 7) is 2.00. The van der Waals surface area contributed by atoms with Crippen LogP contribution in [0.5, 0.6) is 0 Å². The molecule has 0 bridgehead atoms. The molecule has 0 amide bonds. The Morgan fingerprint density at radius 3 is 2.88 bits per heavy atom. The molecule has 0 spiro atoms. The first-order valence-electron chi connectivity index (χ1n) is 6.13. The van der Waals surface area contributed by atoms with Crippen molar-refractivity contribution in [2.75, 3.05) is 7.05 Å². The Morgan fingerprint density at radius 2 is 2.19 bits per heavy atom. The monoisotopic (exact) mass is 221 g/mol. The third-order valence-corrected chi connectivity index (χ3v) is 3.82. The predicted molar refractivity (Wildman–Crippen MR) is 65.0 cm³/mol. The quantitative estimate of drug-likeness (QED) is 0.827. The van der Waals surface area contributed by atoms with Gasteiger partial charge >= 0.3 is 0 Å². The highest BCUT2D eigenvalue weighted by Crippen LogP contribution is 2.29. The highest BCUT2D eigenvalue weighted by molar-refractivity contribution is 5.27. The first-order chi connectivity index (χ1) is 7.70. The van der Waals surface area contributed by atoms with Crippen LogP contribution in [0.15, 0.2) is 18.2 Å². The van der Waals surface area contributed by atoms with Crippen LogP contribution in [0.3, 0.4) is 0 Å². The zero-order valence-corrected chi connectivity index (χ0v) is 10.1. The van der Waals surface area contributed by atoms with Crippen molar-refractivity contribution >= 4 is 0 Å². The van der Waals surface area contributed by atoms with Gasteiger partial charge in [0.25, 0.3) is 0 Å². The summed E-state index contributed by atoms with van der Waals surface area (Å²) < 4.78 is 13.0. The zero-order valence-electron chi connectivity index (χ0n) is 10.1. The van der Waals surface area contributed by atoms with E-state index in [2.05, 4.69) is 5.32 Å². The summed E-state index contributed by atoms with van der Waals surface area (Å²) in [6.07, 6.45) is 4.97.